The molecule has 5 heteroatoms. The third kappa shape index (κ3) is 2.27. The smallest absolute Gasteiger partial charge is 0.139 e. The summed E-state index contributed by atoms with van der Waals surface area (Å²) in [6, 6.07) is 8.08. The minimum Gasteiger partial charge on any atom is -0.388 e. The average molecular weight is 301 g/mol. The molecule has 3 nitrogen and oxygen atoms in total. The minimum atomic E-state index is 0.883. The van der Waals surface area contributed by atoms with Crippen molar-refractivity contribution in [2.75, 3.05) is 12.4 Å². The van der Waals surface area contributed by atoms with Crippen LogP contribution in [0.2, 0.25) is 0 Å². The monoisotopic (exact) mass is 301 g/mol. The first-order valence-corrected chi connectivity index (χ1v) is 7.17. The summed E-state index contributed by atoms with van der Waals surface area (Å²) in [7, 11) is 1.90. The van der Waals surface area contributed by atoms with Crippen molar-refractivity contribution in [2.24, 2.45) is 0 Å². The van der Waals surface area contributed by atoms with Gasteiger partial charge in [0.2, 0.25) is 0 Å². The maximum atomic E-state index is 4.67. The van der Waals surface area contributed by atoms with Gasteiger partial charge in [0.1, 0.15) is 5.65 Å². The molecule has 0 saturated carbocycles. The molecule has 0 spiro atoms. The highest BCUT2D eigenvalue weighted by molar-refractivity contribution is 7.81. The van der Waals surface area contributed by atoms with Crippen LogP contribution >= 0.6 is 25.3 Å². The molecule has 20 heavy (non-hydrogen) atoms. The largest absolute Gasteiger partial charge is 0.388 e. The Bertz CT molecular complexity index is 770. The molecule has 0 aliphatic rings. The number of pyridine rings is 1. The number of benzene rings is 1. The van der Waals surface area contributed by atoms with Crippen LogP contribution in [0.15, 0.2) is 46.5 Å². The molecule has 0 radical (unpaired) electrons. The van der Waals surface area contributed by atoms with E-state index in [4.69, 9.17) is 0 Å². The molecule has 3 aromatic rings. The van der Waals surface area contributed by atoms with Crippen LogP contribution in [-0.2, 0) is 0 Å². The topological polar surface area (TPSA) is 29.3 Å². The second-order valence-electron chi connectivity index (χ2n) is 4.74. The summed E-state index contributed by atoms with van der Waals surface area (Å²) in [5, 5.41) is 3.11. The molecule has 0 saturated heterocycles. The molecule has 0 fully saturated rings. The molecule has 1 N–H and O–H groups in total. The van der Waals surface area contributed by atoms with E-state index in [-0.39, 0.29) is 0 Å². The van der Waals surface area contributed by atoms with Crippen LogP contribution in [0.4, 0.5) is 5.69 Å². The maximum absolute atomic E-state index is 4.67. The van der Waals surface area contributed by atoms with E-state index in [0.29, 0.717) is 0 Å². The number of aromatic nitrogens is 2. The molecular formula is C15H15N3S2. The molecule has 102 valence electrons. The van der Waals surface area contributed by atoms with Crippen molar-refractivity contribution in [3.63, 3.8) is 0 Å². The fourth-order valence-corrected chi connectivity index (χ4v) is 3.23. The van der Waals surface area contributed by atoms with Crippen LogP contribution in [0.3, 0.4) is 0 Å². The van der Waals surface area contributed by atoms with Gasteiger partial charge in [-0.1, -0.05) is 0 Å². The number of fused-ring (bicyclic) bond motifs is 1. The summed E-state index contributed by atoms with van der Waals surface area (Å²) in [6.45, 7) is 2.03. The minimum absolute atomic E-state index is 0.883. The van der Waals surface area contributed by atoms with Crippen LogP contribution in [-0.4, -0.2) is 16.4 Å². The van der Waals surface area contributed by atoms with E-state index in [1.165, 1.54) is 0 Å². The van der Waals surface area contributed by atoms with Crippen LogP contribution in [0, 0.1) is 6.92 Å². The number of thiol groups is 2. The molecule has 3 rings (SSSR count). The van der Waals surface area contributed by atoms with Crippen LogP contribution in [0.5, 0.6) is 0 Å². The number of hydrogen-bond donors (Lipinski definition) is 3. The lowest BCUT2D eigenvalue weighted by Gasteiger charge is -2.06. The van der Waals surface area contributed by atoms with Gasteiger partial charge < -0.3 is 9.72 Å². The van der Waals surface area contributed by atoms with Crippen molar-refractivity contribution in [3.8, 4) is 11.3 Å². The predicted molar refractivity (Wildman–Crippen MR) is 89.4 cm³/mol. The first kappa shape index (κ1) is 13.4. The Morgan fingerprint density at radius 1 is 1.15 bits per heavy atom. The summed E-state index contributed by atoms with van der Waals surface area (Å²) < 4.78 is 2.00. The summed E-state index contributed by atoms with van der Waals surface area (Å²) in [5.41, 5.74) is 4.93. The lowest BCUT2D eigenvalue weighted by Crippen LogP contribution is -1.89. The van der Waals surface area contributed by atoms with E-state index in [9.17, 15) is 0 Å². The molecule has 0 bridgehead atoms. The number of anilines is 1. The molecule has 0 aliphatic carbocycles. The van der Waals surface area contributed by atoms with Crippen molar-refractivity contribution < 1.29 is 0 Å². The summed E-state index contributed by atoms with van der Waals surface area (Å²) in [5.74, 6) is 0. The van der Waals surface area contributed by atoms with E-state index < -0.39 is 0 Å². The second-order valence-corrected chi connectivity index (χ2v) is 5.70. The summed E-state index contributed by atoms with van der Waals surface area (Å²) in [4.78, 5) is 6.46. The third-order valence-corrected chi connectivity index (χ3v) is 3.95. The van der Waals surface area contributed by atoms with Gasteiger partial charge in [-0.15, -0.1) is 25.3 Å². The van der Waals surface area contributed by atoms with Gasteiger partial charge in [-0.2, -0.15) is 0 Å². The highest BCUT2D eigenvalue weighted by Crippen LogP contribution is 2.33. The van der Waals surface area contributed by atoms with Gasteiger partial charge in [-0.3, -0.25) is 0 Å². The molecule has 1 aromatic carbocycles. The number of nitrogens with zero attached hydrogens (tertiary/aromatic N) is 2. The Balaban J connectivity index is 2.20. The highest BCUT2D eigenvalue weighted by Gasteiger charge is 2.12. The van der Waals surface area contributed by atoms with E-state index in [1.54, 1.807) is 0 Å². The molecule has 0 amide bonds. The van der Waals surface area contributed by atoms with Crippen molar-refractivity contribution in [1.82, 2.24) is 9.38 Å². The molecule has 0 unspecified atom stereocenters. The first-order valence-electron chi connectivity index (χ1n) is 6.28. The molecule has 2 heterocycles. The van der Waals surface area contributed by atoms with Gasteiger partial charge in [-0.05, 0) is 30.7 Å². The van der Waals surface area contributed by atoms with Crippen molar-refractivity contribution >= 4 is 36.6 Å². The molecular weight excluding hydrogens is 286 g/mol. The van der Waals surface area contributed by atoms with Gasteiger partial charge in [0.15, 0.2) is 0 Å². The Kier molecular flexibility index (Phi) is 3.40. The van der Waals surface area contributed by atoms with Crippen molar-refractivity contribution in [1.29, 1.82) is 0 Å². The van der Waals surface area contributed by atoms with Crippen LogP contribution in [0.1, 0.15) is 5.56 Å². The Morgan fingerprint density at radius 3 is 2.50 bits per heavy atom. The average Bonchev–Trinajstić information content (AvgIpc) is 2.79. The van der Waals surface area contributed by atoms with Crippen molar-refractivity contribution in [3.05, 3.63) is 42.2 Å². The maximum Gasteiger partial charge on any atom is 0.139 e. The van der Waals surface area contributed by atoms with E-state index in [1.807, 2.05) is 55.0 Å². The SMILES string of the molecule is CNc1ccn2cc(-c3c(S)cc(C)cc3S)nc2c1. The van der Waals surface area contributed by atoms with Crippen molar-refractivity contribution in [2.45, 2.75) is 16.7 Å². The lowest BCUT2D eigenvalue weighted by atomic mass is 10.1. The summed E-state index contributed by atoms with van der Waals surface area (Å²) in [6.07, 6.45) is 3.99. The quantitative estimate of drug-likeness (QED) is 0.626. The second kappa shape index (κ2) is 5.07. The van der Waals surface area contributed by atoms with Gasteiger partial charge in [0.25, 0.3) is 0 Å². The van der Waals surface area contributed by atoms with E-state index in [0.717, 1.165) is 37.9 Å². The van der Waals surface area contributed by atoms with E-state index >= 15 is 0 Å². The Labute approximate surface area is 128 Å². The van der Waals surface area contributed by atoms with E-state index in [2.05, 4.69) is 35.6 Å². The zero-order valence-corrected chi connectivity index (χ0v) is 13.0. The fourth-order valence-electron chi connectivity index (χ4n) is 2.27. The zero-order valence-electron chi connectivity index (χ0n) is 11.3. The standard InChI is InChI=1S/C15H15N3S2/c1-9-5-12(19)15(13(20)6-9)11-8-18-4-3-10(16-2)7-14(18)17-11/h3-8,16,19-20H,1-2H3. The summed E-state index contributed by atoms with van der Waals surface area (Å²) >= 11 is 9.12. The number of nitrogens with one attached hydrogen (secondary N) is 1. The Hall–Kier alpha value is -1.59. The third-order valence-electron chi connectivity index (χ3n) is 3.25. The lowest BCUT2D eigenvalue weighted by molar-refractivity contribution is 1.18. The van der Waals surface area contributed by atoms with Crippen LogP contribution in [0.25, 0.3) is 16.9 Å². The number of imidazole rings is 1. The van der Waals surface area contributed by atoms with Gasteiger partial charge >= 0.3 is 0 Å². The molecule has 2 aromatic heterocycles. The van der Waals surface area contributed by atoms with Gasteiger partial charge in [-0.25, -0.2) is 4.98 Å². The molecule has 0 atom stereocenters. The van der Waals surface area contributed by atoms with Gasteiger partial charge in [0, 0.05) is 46.5 Å². The van der Waals surface area contributed by atoms with Gasteiger partial charge in [0.05, 0.1) is 5.69 Å². The number of rotatable bonds is 2. The van der Waals surface area contributed by atoms with Crippen LogP contribution < -0.4 is 5.32 Å². The predicted octanol–water partition coefficient (Wildman–Crippen LogP) is 3.93. The normalized spacial score (nSPS) is 11.0. The Morgan fingerprint density at radius 2 is 1.85 bits per heavy atom. The highest BCUT2D eigenvalue weighted by atomic mass is 32.1. The molecule has 0 aliphatic heterocycles. The zero-order chi connectivity index (χ0) is 14.3. The first-order chi connectivity index (χ1) is 9.58. The fraction of sp³-hybridized carbons (Fsp3) is 0.133. The number of aryl methyl sites for hydroxylation is 1. The number of hydrogen-bond acceptors (Lipinski definition) is 4.